The highest BCUT2D eigenvalue weighted by Gasteiger charge is 2.22. The average molecular weight is 481 g/mol. The fourth-order valence-electron chi connectivity index (χ4n) is 3.37. The number of carbonyl (C=O) groups is 1. The molecule has 1 amide bonds. The number of primary amides is 1. The highest BCUT2D eigenvalue weighted by molar-refractivity contribution is 5.94. The summed E-state index contributed by atoms with van der Waals surface area (Å²) in [5.41, 5.74) is 7.93. The Morgan fingerprint density at radius 1 is 1.17 bits per heavy atom. The fourth-order valence-corrected chi connectivity index (χ4v) is 3.37. The minimum absolute atomic E-state index is 0.154. The Hall–Kier alpha value is -4.45. The van der Waals surface area contributed by atoms with Gasteiger partial charge in [-0.2, -0.15) is 9.97 Å². The zero-order valence-electron chi connectivity index (χ0n) is 18.4. The van der Waals surface area contributed by atoms with Gasteiger partial charge >= 0.3 is 6.43 Å². The van der Waals surface area contributed by atoms with Gasteiger partial charge in [-0.1, -0.05) is 35.5 Å². The molecule has 2 aromatic carbocycles. The van der Waals surface area contributed by atoms with Gasteiger partial charge in [0.05, 0.1) is 12.6 Å². The number of halogens is 2. The second kappa shape index (κ2) is 10.2. The molecule has 12 heteroatoms. The third-order valence-corrected chi connectivity index (χ3v) is 5.10. The van der Waals surface area contributed by atoms with Crippen molar-refractivity contribution in [1.29, 1.82) is 0 Å². The lowest BCUT2D eigenvalue weighted by atomic mass is 10.1. The smallest absolute Gasteiger partial charge is 0.300 e. The standard InChI is InChI=1S/C23H21F2N7O3/c1-12-9-14(7-8-15(12)19(26)34)28-23-27-10-16(22-30-21(18(24)25)32-35-22)20(31-23)29-17(11-33)13-5-3-2-4-6-13/h2-10,17-18,33H,11H2,1H3,(H2,26,34)(H2,27,28,29,31)/t17-/m1/s1. The van der Waals surface area contributed by atoms with Crippen LogP contribution in [0.15, 0.2) is 59.3 Å². The molecule has 180 valence electrons. The molecule has 35 heavy (non-hydrogen) atoms. The highest BCUT2D eigenvalue weighted by atomic mass is 19.3. The number of hydrogen-bond acceptors (Lipinski definition) is 9. The molecule has 1 atom stereocenters. The molecule has 4 aromatic rings. The molecule has 0 saturated carbocycles. The lowest BCUT2D eigenvalue weighted by Crippen LogP contribution is -2.17. The maximum Gasteiger partial charge on any atom is 0.300 e. The molecule has 0 aliphatic carbocycles. The summed E-state index contributed by atoms with van der Waals surface area (Å²) in [5, 5.41) is 19.4. The zero-order valence-corrected chi connectivity index (χ0v) is 18.4. The van der Waals surface area contributed by atoms with Gasteiger partial charge in [-0.15, -0.1) is 0 Å². The van der Waals surface area contributed by atoms with Gasteiger partial charge in [0, 0.05) is 17.4 Å². The highest BCUT2D eigenvalue weighted by Crippen LogP contribution is 2.30. The summed E-state index contributed by atoms with van der Waals surface area (Å²) in [7, 11) is 0. The van der Waals surface area contributed by atoms with Crippen molar-refractivity contribution >= 4 is 23.4 Å². The van der Waals surface area contributed by atoms with Crippen LogP contribution in [0.1, 0.15) is 39.8 Å². The second-order valence-electron chi connectivity index (χ2n) is 7.52. The monoisotopic (exact) mass is 481 g/mol. The summed E-state index contributed by atoms with van der Waals surface area (Å²) in [5.74, 6) is -1.19. The van der Waals surface area contributed by atoms with Gasteiger partial charge in [0.1, 0.15) is 11.4 Å². The predicted octanol–water partition coefficient (Wildman–Crippen LogP) is 3.76. The number of aryl methyl sites for hydroxylation is 1. The zero-order chi connectivity index (χ0) is 24.9. The Kier molecular flexibility index (Phi) is 6.92. The van der Waals surface area contributed by atoms with Gasteiger partial charge in [-0.05, 0) is 36.2 Å². The van der Waals surface area contributed by atoms with E-state index in [1.54, 1.807) is 25.1 Å². The minimum atomic E-state index is -2.91. The lowest BCUT2D eigenvalue weighted by Gasteiger charge is -2.19. The summed E-state index contributed by atoms with van der Waals surface area (Å²) in [6.07, 6.45) is -1.57. The average Bonchev–Trinajstić information content (AvgIpc) is 3.33. The van der Waals surface area contributed by atoms with E-state index in [1.807, 2.05) is 30.3 Å². The number of aromatic nitrogens is 4. The number of nitrogens with two attached hydrogens (primary N) is 1. The third kappa shape index (κ3) is 5.38. The quantitative estimate of drug-likeness (QED) is 0.280. The van der Waals surface area contributed by atoms with Crippen LogP contribution in [0.4, 0.5) is 26.2 Å². The maximum atomic E-state index is 13.0. The second-order valence-corrected chi connectivity index (χ2v) is 7.52. The van der Waals surface area contributed by atoms with E-state index >= 15 is 0 Å². The van der Waals surface area contributed by atoms with Crippen LogP contribution in [0.5, 0.6) is 0 Å². The summed E-state index contributed by atoms with van der Waals surface area (Å²) < 4.78 is 31.0. The van der Waals surface area contributed by atoms with Crippen LogP contribution in [-0.2, 0) is 0 Å². The van der Waals surface area contributed by atoms with Crippen molar-refractivity contribution in [2.24, 2.45) is 5.73 Å². The number of nitrogens with zero attached hydrogens (tertiary/aromatic N) is 4. The summed E-state index contributed by atoms with van der Waals surface area (Å²) in [4.78, 5) is 23.9. The third-order valence-electron chi connectivity index (χ3n) is 5.10. The van der Waals surface area contributed by atoms with Crippen LogP contribution in [0, 0.1) is 6.92 Å². The molecule has 5 N–H and O–H groups in total. The van der Waals surface area contributed by atoms with Gasteiger partial charge in [0.25, 0.3) is 5.89 Å². The first-order valence-electron chi connectivity index (χ1n) is 10.4. The first-order valence-corrected chi connectivity index (χ1v) is 10.4. The van der Waals surface area contributed by atoms with Crippen LogP contribution in [0.25, 0.3) is 11.5 Å². The van der Waals surface area contributed by atoms with E-state index in [9.17, 15) is 18.7 Å². The number of carbonyl (C=O) groups excluding carboxylic acids is 1. The molecule has 10 nitrogen and oxygen atoms in total. The molecule has 0 unspecified atom stereocenters. The summed E-state index contributed by atoms with van der Waals surface area (Å²) >= 11 is 0. The Morgan fingerprint density at radius 3 is 2.57 bits per heavy atom. The fraction of sp³-hybridized carbons (Fsp3) is 0.174. The van der Waals surface area contributed by atoms with E-state index in [-0.39, 0.29) is 29.8 Å². The minimum Gasteiger partial charge on any atom is -0.394 e. The van der Waals surface area contributed by atoms with Crippen LogP contribution in [0.2, 0.25) is 0 Å². The molecule has 0 spiro atoms. The lowest BCUT2D eigenvalue weighted by molar-refractivity contribution is 0.0999. The topological polar surface area (TPSA) is 152 Å². The van der Waals surface area contributed by atoms with Gasteiger partial charge in [-0.25, -0.2) is 13.8 Å². The maximum absolute atomic E-state index is 13.0. The Balaban J connectivity index is 1.70. The van der Waals surface area contributed by atoms with E-state index in [0.29, 0.717) is 16.8 Å². The van der Waals surface area contributed by atoms with Gasteiger partial charge in [0.2, 0.25) is 17.7 Å². The first-order chi connectivity index (χ1) is 16.9. The summed E-state index contributed by atoms with van der Waals surface area (Å²) in [6, 6.07) is 13.5. The number of nitrogens with one attached hydrogen (secondary N) is 2. The van der Waals surface area contributed by atoms with E-state index in [4.69, 9.17) is 10.3 Å². The van der Waals surface area contributed by atoms with Crippen molar-refractivity contribution in [3.8, 4) is 11.5 Å². The number of benzene rings is 2. The van der Waals surface area contributed by atoms with Crippen molar-refractivity contribution in [2.75, 3.05) is 17.2 Å². The molecule has 2 heterocycles. The van der Waals surface area contributed by atoms with Crippen LogP contribution in [0.3, 0.4) is 0 Å². The molecule has 0 aliphatic heterocycles. The number of rotatable bonds is 9. The van der Waals surface area contributed by atoms with Gasteiger partial charge in [-0.3, -0.25) is 4.79 Å². The molecule has 0 bridgehead atoms. The van der Waals surface area contributed by atoms with E-state index in [0.717, 1.165) is 5.56 Å². The molecule has 0 radical (unpaired) electrons. The Bertz CT molecular complexity index is 1330. The SMILES string of the molecule is Cc1cc(Nc2ncc(-c3nc(C(F)F)no3)c(N[C@H](CO)c3ccccc3)n2)ccc1C(N)=O. The van der Waals surface area contributed by atoms with Gasteiger partial charge < -0.3 is 26.0 Å². The normalized spacial score (nSPS) is 11.9. The number of anilines is 3. The van der Waals surface area contributed by atoms with Crippen molar-refractivity contribution in [3.05, 3.63) is 77.2 Å². The van der Waals surface area contributed by atoms with Crippen molar-refractivity contribution in [1.82, 2.24) is 20.1 Å². The number of aliphatic hydroxyl groups is 1. The number of amides is 1. The molecule has 0 fully saturated rings. The number of hydrogen-bond donors (Lipinski definition) is 4. The molecular formula is C23H21F2N7O3. The van der Waals surface area contributed by atoms with Crippen LogP contribution >= 0.6 is 0 Å². The Morgan fingerprint density at radius 2 is 1.94 bits per heavy atom. The predicted molar refractivity (Wildman–Crippen MR) is 123 cm³/mol. The van der Waals surface area contributed by atoms with Crippen molar-refractivity contribution in [3.63, 3.8) is 0 Å². The first kappa shape index (κ1) is 23.7. The number of alkyl halides is 2. The van der Waals surface area contributed by atoms with E-state index < -0.39 is 24.2 Å². The molecular weight excluding hydrogens is 460 g/mol. The molecule has 4 rings (SSSR count). The van der Waals surface area contributed by atoms with E-state index in [1.165, 1.54) is 6.20 Å². The Labute approximate surface area is 198 Å². The molecule has 0 saturated heterocycles. The van der Waals surface area contributed by atoms with Crippen molar-refractivity contribution in [2.45, 2.75) is 19.4 Å². The van der Waals surface area contributed by atoms with Crippen LogP contribution < -0.4 is 16.4 Å². The van der Waals surface area contributed by atoms with Crippen LogP contribution in [-0.4, -0.2) is 37.7 Å². The van der Waals surface area contributed by atoms with E-state index in [2.05, 4.69) is 30.7 Å². The molecule has 2 aromatic heterocycles. The summed E-state index contributed by atoms with van der Waals surface area (Å²) in [6.45, 7) is 1.46. The van der Waals surface area contributed by atoms with Crippen molar-refractivity contribution < 1.29 is 23.2 Å². The molecule has 0 aliphatic rings. The van der Waals surface area contributed by atoms with Gasteiger partial charge in [0.15, 0.2) is 0 Å². The number of aliphatic hydroxyl groups excluding tert-OH is 1. The largest absolute Gasteiger partial charge is 0.394 e.